The Bertz CT molecular complexity index is 1330. The predicted octanol–water partition coefficient (Wildman–Crippen LogP) is 6.76. The lowest BCUT2D eigenvalue weighted by Gasteiger charge is -2.08. The third-order valence-electron chi connectivity index (χ3n) is 4.13. The Morgan fingerprint density at radius 3 is 2.43 bits per heavy atom. The highest BCUT2D eigenvalue weighted by Crippen LogP contribution is 2.29. The van der Waals surface area contributed by atoms with Crippen molar-refractivity contribution in [2.24, 2.45) is 0 Å². The molecule has 0 saturated carbocycles. The Hall–Kier alpha value is -2.99. The molecule has 0 bridgehead atoms. The molecule has 0 fully saturated rings. The Balaban J connectivity index is 1.61. The summed E-state index contributed by atoms with van der Waals surface area (Å²) in [4.78, 5) is 25.1. The van der Waals surface area contributed by atoms with Gasteiger partial charge in [0.2, 0.25) is 11.2 Å². The smallest absolute Gasteiger partial charge is 0.345 e. The summed E-state index contributed by atoms with van der Waals surface area (Å²) < 4.78 is 16.4. The van der Waals surface area contributed by atoms with Crippen molar-refractivity contribution in [2.45, 2.75) is 0 Å². The van der Waals surface area contributed by atoms with Gasteiger partial charge in [0.15, 0.2) is 0 Å². The summed E-state index contributed by atoms with van der Waals surface area (Å²) in [5.74, 6) is -0.178. The zero-order valence-electron chi connectivity index (χ0n) is 15.0. The van der Waals surface area contributed by atoms with Crippen molar-refractivity contribution < 1.29 is 18.7 Å². The van der Waals surface area contributed by atoms with Crippen LogP contribution in [0.25, 0.3) is 11.0 Å². The van der Waals surface area contributed by atoms with Crippen molar-refractivity contribution in [1.29, 1.82) is 0 Å². The number of hydrogen-bond donors (Lipinski definition) is 0. The molecule has 1 aromatic heterocycles. The van der Waals surface area contributed by atoms with Gasteiger partial charge >= 0.3 is 5.97 Å². The van der Waals surface area contributed by atoms with Crippen LogP contribution in [0.4, 0.5) is 0 Å². The fourth-order valence-corrected chi connectivity index (χ4v) is 3.35. The SMILES string of the molecule is O=C(Oc1ccc2c(=O)c(Oc3ccccc3Cl)coc2c1)c1ccc(Cl)cc1Cl. The van der Waals surface area contributed by atoms with Gasteiger partial charge in [-0.3, -0.25) is 4.79 Å². The predicted molar refractivity (Wildman–Crippen MR) is 115 cm³/mol. The molecular formula is C22H11Cl3O5. The number of ether oxygens (including phenoxy) is 2. The van der Waals surface area contributed by atoms with Gasteiger partial charge in [0.25, 0.3) is 0 Å². The van der Waals surface area contributed by atoms with Crippen molar-refractivity contribution in [3.8, 4) is 17.2 Å². The molecule has 0 unspecified atom stereocenters. The van der Waals surface area contributed by atoms with E-state index in [4.69, 9.17) is 48.7 Å². The first-order chi connectivity index (χ1) is 14.4. The lowest BCUT2D eigenvalue weighted by atomic mass is 10.2. The van der Waals surface area contributed by atoms with Crippen LogP contribution >= 0.6 is 34.8 Å². The highest BCUT2D eigenvalue weighted by atomic mass is 35.5. The Morgan fingerprint density at radius 1 is 0.867 bits per heavy atom. The summed E-state index contributed by atoms with van der Waals surface area (Å²) in [6.45, 7) is 0. The second-order valence-electron chi connectivity index (χ2n) is 6.13. The van der Waals surface area contributed by atoms with E-state index in [2.05, 4.69) is 0 Å². The molecule has 4 rings (SSSR count). The molecule has 5 nitrogen and oxygen atoms in total. The highest BCUT2D eigenvalue weighted by Gasteiger charge is 2.16. The largest absolute Gasteiger partial charge is 0.460 e. The molecule has 0 atom stereocenters. The van der Waals surface area contributed by atoms with Gasteiger partial charge in [0.1, 0.15) is 23.3 Å². The van der Waals surface area contributed by atoms with Crippen molar-refractivity contribution in [3.05, 3.63) is 97.8 Å². The molecule has 0 aliphatic heterocycles. The second-order valence-corrected chi connectivity index (χ2v) is 7.38. The maximum Gasteiger partial charge on any atom is 0.345 e. The molecule has 0 spiro atoms. The lowest BCUT2D eigenvalue weighted by Crippen LogP contribution is -2.10. The van der Waals surface area contributed by atoms with E-state index in [0.29, 0.717) is 15.8 Å². The molecular weight excluding hydrogens is 451 g/mol. The average molecular weight is 462 g/mol. The standard InChI is InChI=1S/C22H11Cl3O5/c23-12-5-7-14(17(25)9-12)22(27)29-13-6-8-15-19(10-13)28-11-20(21(15)26)30-18-4-2-1-3-16(18)24/h1-11H. The van der Waals surface area contributed by atoms with Gasteiger partial charge in [0, 0.05) is 11.1 Å². The van der Waals surface area contributed by atoms with Crippen molar-refractivity contribution in [1.82, 2.24) is 0 Å². The van der Waals surface area contributed by atoms with E-state index in [9.17, 15) is 9.59 Å². The summed E-state index contributed by atoms with van der Waals surface area (Å²) in [6, 6.07) is 15.6. The first-order valence-corrected chi connectivity index (χ1v) is 9.71. The van der Waals surface area contributed by atoms with Gasteiger partial charge < -0.3 is 13.9 Å². The number of para-hydroxylation sites is 1. The van der Waals surface area contributed by atoms with Gasteiger partial charge in [-0.2, -0.15) is 0 Å². The summed E-state index contributed by atoms with van der Waals surface area (Å²) in [7, 11) is 0. The van der Waals surface area contributed by atoms with Crippen LogP contribution in [0.15, 0.2) is 76.1 Å². The fourth-order valence-electron chi connectivity index (χ4n) is 2.69. The fraction of sp³-hybridized carbons (Fsp3) is 0. The van der Waals surface area contributed by atoms with Crippen LogP contribution in [0.1, 0.15) is 10.4 Å². The first-order valence-electron chi connectivity index (χ1n) is 8.57. The molecule has 0 aliphatic carbocycles. The molecule has 150 valence electrons. The van der Waals surface area contributed by atoms with Gasteiger partial charge in [-0.05, 0) is 42.5 Å². The average Bonchev–Trinajstić information content (AvgIpc) is 2.71. The van der Waals surface area contributed by atoms with Crippen molar-refractivity contribution in [3.63, 3.8) is 0 Å². The zero-order chi connectivity index (χ0) is 21.3. The maximum absolute atomic E-state index is 12.7. The Kier molecular flexibility index (Phi) is 5.68. The van der Waals surface area contributed by atoms with E-state index < -0.39 is 11.4 Å². The topological polar surface area (TPSA) is 65.7 Å². The number of carbonyl (C=O) groups excluding carboxylic acids is 1. The van der Waals surface area contributed by atoms with E-state index in [1.807, 2.05) is 0 Å². The lowest BCUT2D eigenvalue weighted by molar-refractivity contribution is 0.0735. The van der Waals surface area contributed by atoms with Crippen LogP contribution in [-0.2, 0) is 0 Å². The van der Waals surface area contributed by atoms with Crippen LogP contribution in [0, 0.1) is 0 Å². The molecule has 4 aromatic rings. The van der Waals surface area contributed by atoms with Gasteiger partial charge in [0.05, 0.1) is 21.0 Å². The Labute approximate surface area is 185 Å². The molecule has 30 heavy (non-hydrogen) atoms. The number of esters is 1. The van der Waals surface area contributed by atoms with Crippen LogP contribution in [0.3, 0.4) is 0 Å². The molecule has 0 aliphatic rings. The van der Waals surface area contributed by atoms with Crippen LogP contribution in [0.2, 0.25) is 15.1 Å². The van der Waals surface area contributed by atoms with E-state index in [0.717, 1.165) is 0 Å². The van der Waals surface area contributed by atoms with E-state index >= 15 is 0 Å². The van der Waals surface area contributed by atoms with Gasteiger partial charge in [-0.15, -0.1) is 0 Å². The minimum Gasteiger partial charge on any atom is -0.460 e. The Morgan fingerprint density at radius 2 is 1.67 bits per heavy atom. The number of rotatable bonds is 4. The highest BCUT2D eigenvalue weighted by molar-refractivity contribution is 6.36. The molecule has 0 N–H and O–H groups in total. The summed E-state index contributed by atoms with van der Waals surface area (Å²) >= 11 is 17.9. The quantitative estimate of drug-likeness (QED) is 0.248. The number of carbonyl (C=O) groups is 1. The number of benzene rings is 3. The van der Waals surface area contributed by atoms with Crippen LogP contribution in [0.5, 0.6) is 17.2 Å². The molecule has 8 heteroatoms. The van der Waals surface area contributed by atoms with E-state index in [-0.39, 0.29) is 33.1 Å². The maximum atomic E-state index is 12.7. The summed E-state index contributed by atoms with van der Waals surface area (Å²) in [5.41, 5.74) is -0.0140. The van der Waals surface area contributed by atoms with Crippen LogP contribution < -0.4 is 14.9 Å². The number of fused-ring (bicyclic) bond motifs is 1. The monoisotopic (exact) mass is 460 g/mol. The van der Waals surface area contributed by atoms with E-state index in [1.54, 1.807) is 24.3 Å². The zero-order valence-corrected chi connectivity index (χ0v) is 17.3. The molecule has 1 heterocycles. The van der Waals surface area contributed by atoms with Crippen molar-refractivity contribution in [2.75, 3.05) is 0 Å². The van der Waals surface area contributed by atoms with Gasteiger partial charge in [-0.1, -0.05) is 46.9 Å². The summed E-state index contributed by atoms with van der Waals surface area (Å²) in [6.07, 6.45) is 1.18. The third-order valence-corrected chi connectivity index (χ3v) is 4.99. The van der Waals surface area contributed by atoms with E-state index in [1.165, 1.54) is 42.7 Å². The van der Waals surface area contributed by atoms with Crippen molar-refractivity contribution >= 4 is 51.7 Å². The molecule has 0 radical (unpaired) electrons. The van der Waals surface area contributed by atoms with Gasteiger partial charge in [-0.25, -0.2) is 4.79 Å². The molecule has 3 aromatic carbocycles. The number of hydrogen-bond acceptors (Lipinski definition) is 5. The minimum absolute atomic E-state index is 0.0201. The summed E-state index contributed by atoms with van der Waals surface area (Å²) in [5, 5.41) is 1.18. The third kappa shape index (κ3) is 4.14. The van der Waals surface area contributed by atoms with Crippen LogP contribution in [-0.4, -0.2) is 5.97 Å². The molecule has 0 amide bonds. The molecule has 0 saturated heterocycles. The second kappa shape index (κ2) is 8.40. The first kappa shape index (κ1) is 20.3. The minimum atomic E-state index is -0.669. The normalized spacial score (nSPS) is 10.8. The number of halogens is 3.